The molecular formula is C16H25NO4. The lowest BCUT2D eigenvalue weighted by Gasteiger charge is -2.22. The molecule has 21 heavy (non-hydrogen) atoms. The Bertz CT molecular complexity index is 480. The van der Waals surface area contributed by atoms with Crippen molar-refractivity contribution in [1.82, 2.24) is 5.32 Å². The largest absolute Gasteiger partial charge is 0.497 e. The molecule has 0 aliphatic carbocycles. The number of hydrogen-bond acceptors (Lipinski definition) is 4. The van der Waals surface area contributed by atoms with Gasteiger partial charge < -0.3 is 19.5 Å². The van der Waals surface area contributed by atoms with Crippen LogP contribution in [0.25, 0.3) is 0 Å². The number of nitrogens with one attached hydrogen (secondary N) is 1. The van der Waals surface area contributed by atoms with E-state index in [9.17, 15) is 4.79 Å². The number of carbonyl (C=O) groups excluding carboxylic acids is 1. The molecule has 5 heteroatoms. The predicted octanol–water partition coefficient (Wildman–Crippen LogP) is 3.16. The van der Waals surface area contributed by atoms with E-state index in [0.717, 1.165) is 17.1 Å². The molecule has 1 rings (SSSR count). The molecule has 0 aromatic heterocycles. The summed E-state index contributed by atoms with van der Waals surface area (Å²) >= 11 is 0. The van der Waals surface area contributed by atoms with Gasteiger partial charge in [-0.2, -0.15) is 0 Å². The summed E-state index contributed by atoms with van der Waals surface area (Å²) in [5.74, 6) is 1.53. The molecule has 1 aromatic rings. The maximum Gasteiger partial charge on any atom is 0.407 e. The van der Waals surface area contributed by atoms with E-state index in [2.05, 4.69) is 5.32 Å². The van der Waals surface area contributed by atoms with Gasteiger partial charge >= 0.3 is 6.09 Å². The average molecular weight is 295 g/mol. The van der Waals surface area contributed by atoms with Gasteiger partial charge in [-0.15, -0.1) is 0 Å². The third-order valence-corrected chi connectivity index (χ3v) is 2.78. The Hall–Kier alpha value is -1.91. The molecule has 0 radical (unpaired) electrons. The van der Waals surface area contributed by atoms with E-state index in [1.54, 1.807) is 14.2 Å². The third-order valence-electron chi connectivity index (χ3n) is 2.78. The Balaban J connectivity index is 2.69. The van der Waals surface area contributed by atoms with Crippen LogP contribution in [-0.4, -0.2) is 32.0 Å². The second-order valence-corrected chi connectivity index (χ2v) is 5.93. The van der Waals surface area contributed by atoms with E-state index in [0.29, 0.717) is 6.42 Å². The van der Waals surface area contributed by atoms with Crippen LogP contribution in [-0.2, 0) is 11.2 Å². The van der Waals surface area contributed by atoms with Crippen LogP contribution in [0.5, 0.6) is 11.5 Å². The van der Waals surface area contributed by atoms with Crippen molar-refractivity contribution in [2.75, 3.05) is 14.2 Å². The molecular weight excluding hydrogens is 270 g/mol. The Morgan fingerprint density at radius 2 is 1.90 bits per heavy atom. The minimum Gasteiger partial charge on any atom is -0.497 e. The Morgan fingerprint density at radius 3 is 2.43 bits per heavy atom. The monoisotopic (exact) mass is 295 g/mol. The Labute approximate surface area is 126 Å². The van der Waals surface area contributed by atoms with Crippen LogP contribution in [0, 0.1) is 0 Å². The molecule has 0 saturated carbocycles. The van der Waals surface area contributed by atoms with Gasteiger partial charge in [0.15, 0.2) is 0 Å². The quantitative estimate of drug-likeness (QED) is 0.906. The molecule has 0 aliphatic heterocycles. The molecule has 1 unspecified atom stereocenters. The van der Waals surface area contributed by atoms with Crippen molar-refractivity contribution < 1.29 is 19.0 Å². The average Bonchev–Trinajstić information content (AvgIpc) is 2.35. The summed E-state index contributed by atoms with van der Waals surface area (Å²) < 4.78 is 15.8. The van der Waals surface area contributed by atoms with Gasteiger partial charge in [-0.1, -0.05) is 0 Å². The molecule has 0 saturated heterocycles. The van der Waals surface area contributed by atoms with Gasteiger partial charge in [-0.25, -0.2) is 4.79 Å². The van der Waals surface area contributed by atoms with Gasteiger partial charge in [0, 0.05) is 6.04 Å². The van der Waals surface area contributed by atoms with Crippen LogP contribution < -0.4 is 14.8 Å². The van der Waals surface area contributed by atoms with Crippen LogP contribution in [0.1, 0.15) is 33.3 Å². The number of ether oxygens (including phenoxy) is 3. The molecule has 118 valence electrons. The fourth-order valence-electron chi connectivity index (χ4n) is 1.93. The van der Waals surface area contributed by atoms with Gasteiger partial charge in [-0.3, -0.25) is 0 Å². The number of amides is 1. The Kier molecular flexibility index (Phi) is 5.88. The zero-order valence-corrected chi connectivity index (χ0v) is 13.6. The summed E-state index contributed by atoms with van der Waals surface area (Å²) in [4.78, 5) is 11.7. The zero-order valence-electron chi connectivity index (χ0n) is 13.6. The summed E-state index contributed by atoms with van der Waals surface area (Å²) in [7, 11) is 3.24. The number of methoxy groups -OCH3 is 2. The van der Waals surface area contributed by atoms with Gasteiger partial charge in [-0.05, 0) is 57.9 Å². The minimum atomic E-state index is -0.503. The first-order chi connectivity index (χ1) is 9.75. The number of benzene rings is 1. The fourth-order valence-corrected chi connectivity index (χ4v) is 1.93. The zero-order chi connectivity index (χ0) is 16.0. The lowest BCUT2D eigenvalue weighted by Crippen LogP contribution is -2.38. The highest BCUT2D eigenvalue weighted by Crippen LogP contribution is 2.25. The molecule has 0 aliphatic rings. The van der Waals surface area contributed by atoms with E-state index in [1.165, 1.54) is 0 Å². The highest BCUT2D eigenvalue weighted by atomic mass is 16.6. The molecule has 0 spiro atoms. The SMILES string of the molecule is COc1ccc(OC)c(CC(C)NC(=O)OC(C)(C)C)c1. The van der Waals surface area contributed by atoms with E-state index in [1.807, 2.05) is 45.9 Å². The third kappa shape index (κ3) is 5.94. The van der Waals surface area contributed by atoms with E-state index < -0.39 is 11.7 Å². The molecule has 0 fully saturated rings. The van der Waals surface area contributed by atoms with Gasteiger partial charge in [0.05, 0.1) is 14.2 Å². The Morgan fingerprint density at radius 1 is 1.24 bits per heavy atom. The molecule has 0 heterocycles. The maximum absolute atomic E-state index is 11.7. The van der Waals surface area contributed by atoms with Crippen LogP contribution in [0.15, 0.2) is 18.2 Å². The van der Waals surface area contributed by atoms with Crippen molar-refractivity contribution in [3.05, 3.63) is 23.8 Å². The molecule has 1 aromatic carbocycles. The van der Waals surface area contributed by atoms with Crippen molar-refractivity contribution in [3.63, 3.8) is 0 Å². The minimum absolute atomic E-state index is 0.0825. The molecule has 1 N–H and O–H groups in total. The highest BCUT2D eigenvalue weighted by molar-refractivity contribution is 5.68. The molecule has 1 atom stereocenters. The number of rotatable bonds is 5. The first-order valence-electron chi connectivity index (χ1n) is 6.95. The van der Waals surface area contributed by atoms with Gasteiger partial charge in [0.1, 0.15) is 17.1 Å². The number of carbonyl (C=O) groups is 1. The highest BCUT2D eigenvalue weighted by Gasteiger charge is 2.18. The van der Waals surface area contributed by atoms with E-state index in [-0.39, 0.29) is 6.04 Å². The lowest BCUT2D eigenvalue weighted by atomic mass is 10.1. The van der Waals surface area contributed by atoms with E-state index >= 15 is 0 Å². The van der Waals surface area contributed by atoms with Gasteiger partial charge in [0.2, 0.25) is 0 Å². The normalized spacial score (nSPS) is 12.5. The van der Waals surface area contributed by atoms with Crippen molar-refractivity contribution in [2.24, 2.45) is 0 Å². The van der Waals surface area contributed by atoms with Crippen LogP contribution >= 0.6 is 0 Å². The van der Waals surface area contributed by atoms with Crippen molar-refractivity contribution in [1.29, 1.82) is 0 Å². The number of alkyl carbamates (subject to hydrolysis) is 1. The smallest absolute Gasteiger partial charge is 0.407 e. The second kappa shape index (κ2) is 7.20. The van der Waals surface area contributed by atoms with Crippen LogP contribution in [0.3, 0.4) is 0 Å². The van der Waals surface area contributed by atoms with Gasteiger partial charge in [0.25, 0.3) is 0 Å². The summed E-state index contributed by atoms with van der Waals surface area (Å²) in [6.07, 6.45) is 0.205. The molecule has 5 nitrogen and oxygen atoms in total. The first kappa shape index (κ1) is 17.1. The standard InChI is InChI=1S/C16H25NO4/c1-11(17-15(18)21-16(2,3)4)9-12-10-13(19-5)7-8-14(12)20-6/h7-8,10-11H,9H2,1-6H3,(H,17,18). The summed E-state index contributed by atoms with van der Waals surface area (Å²) in [5, 5.41) is 2.82. The maximum atomic E-state index is 11.7. The molecule has 1 amide bonds. The van der Waals surface area contributed by atoms with Crippen molar-refractivity contribution in [2.45, 2.75) is 45.8 Å². The molecule has 0 bridgehead atoms. The summed E-state index contributed by atoms with van der Waals surface area (Å²) in [5.41, 5.74) is 0.470. The van der Waals surface area contributed by atoms with E-state index in [4.69, 9.17) is 14.2 Å². The van der Waals surface area contributed by atoms with Crippen LogP contribution in [0.2, 0.25) is 0 Å². The predicted molar refractivity (Wildman–Crippen MR) is 82.1 cm³/mol. The lowest BCUT2D eigenvalue weighted by molar-refractivity contribution is 0.0508. The number of hydrogen-bond donors (Lipinski definition) is 1. The first-order valence-corrected chi connectivity index (χ1v) is 6.95. The van der Waals surface area contributed by atoms with Crippen molar-refractivity contribution >= 4 is 6.09 Å². The second-order valence-electron chi connectivity index (χ2n) is 5.93. The van der Waals surface area contributed by atoms with Crippen LogP contribution in [0.4, 0.5) is 4.79 Å². The fraction of sp³-hybridized carbons (Fsp3) is 0.562. The summed E-state index contributed by atoms with van der Waals surface area (Å²) in [6, 6.07) is 5.52. The topological polar surface area (TPSA) is 56.8 Å². The summed E-state index contributed by atoms with van der Waals surface area (Å²) in [6.45, 7) is 7.43. The van der Waals surface area contributed by atoms with Crippen molar-refractivity contribution in [3.8, 4) is 11.5 Å².